The SMILES string of the molecule is O=C(O)[C@@H]1CN(Cc2ccc(OCc3cccnc3)cc2)C[C@H]1C(F)(F)F. The molecule has 1 aliphatic heterocycles. The zero-order chi connectivity index (χ0) is 19.4. The van der Waals surface area contributed by atoms with Crippen LogP contribution in [0.4, 0.5) is 13.2 Å². The molecule has 1 saturated heterocycles. The number of hydrogen-bond acceptors (Lipinski definition) is 4. The molecule has 0 amide bonds. The van der Waals surface area contributed by atoms with Crippen molar-refractivity contribution in [2.45, 2.75) is 19.3 Å². The molecule has 0 radical (unpaired) electrons. The van der Waals surface area contributed by atoms with Crippen LogP contribution in [0.1, 0.15) is 11.1 Å². The minimum absolute atomic E-state index is 0.112. The molecule has 0 bridgehead atoms. The minimum atomic E-state index is -4.51. The number of ether oxygens (including phenoxy) is 1. The molecule has 3 rings (SSSR count). The summed E-state index contributed by atoms with van der Waals surface area (Å²) in [6.07, 6.45) is -1.13. The molecule has 0 saturated carbocycles. The molecule has 0 aliphatic carbocycles. The molecule has 2 aromatic rings. The Morgan fingerprint density at radius 2 is 1.93 bits per heavy atom. The van der Waals surface area contributed by atoms with E-state index in [4.69, 9.17) is 9.84 Å². The van der Waals surface area contributed by atoms with E-state index in [1.54, 1.807) is 36.7 Å². The van der Waals surface area contributed by atoms with Gasteiger partial charge in [-0.3, -0.25) is 14.7 Å². The summed E-state index contributed by atoms with van der Waals surface area (Å²) in [6.45, 7) is 0.213. The molecule has 0 unspecified atom stereocenters. The predicted octanol–water partition coefficient (Wildman–Crippen LogP) is 3.36. The number of hydrogen-bond donors (Lipinski definition) is 1. The second-order valence-corrected chi connectivity index (χ2v) is 6.58. The van der Waals surface area contributed by atoms with Crippen molar-refractivity contribution in [1.82, 2.24) is 9.88 Å². The number of nitrogens with zero attached hydrogens (tertiary/aromatic N) is 2. The van der Waals surface area contributed by atoms with Crippen molar-refractivity contribution >= 4 is 5.97 Å². The lowest BCUT2D eigenvalue weighted by molar-refractivity contribution is -0.188. The molecule has 2 atom stereocenters. The summed E-state index contributed by atoms with van der Waals surface area (Å²) in [6, 6.07) is 10.8. The monoisotopic (exact) mass is 380 g/mol. The molecule has 8 heteroatoms. The van der Waals surface area contributed by atoms with Gasteiger partial charge in [0.2, 0.25) is 0 Å². The summed E-state index contributed by atoms with van der Waals surface area (Å²) in [5, 5.41) is 9.07. The zero-order valence-electron chi connectivity index (χ0n) is 14.4. The summed E-state index contributed by atoms with van der Waals surface area (Å²) in [7, 11) is 0. The fourth-order valence-electron chi connectivity index (χ4n) is 3.20. The fraction of sp³-hybridized carbons (Fsp3) is 0.368. The summed E-state index contributed by atoms with van der Waals surface area (Å²) in [5.74, 6) is -4.02. The number of carbonyl (C=O) groups is 1. The van der Waals surface area contributed by atoms with E-state index >= 15 is 0 Å². The molecule has 0 spiro atoms. The van der Waals surface area contributed by atoms with Crippen LogP contribution in [0, 0.1) is 11.8 Å². The van der Waals surface area contributed by atoms with Crippen molar-refractivity contribution in [1.29, 1.82) is 0 Å². The molecule has 27 heavy (non-hydrogen) atoms. The predicted molar refractivity (Wildman–Crippen MR) is 91.0 cm³/mol. The molecule has 1 aliphatic rings. The molecule has 5 nitrogen and oxygen atoms in total. The number of carboxylic acids is 1. The first-order chi connectivity index (χ1) is 12.8. The number of likely N-dealkylation sites (tertiary alicyclic amines) is 1. The molecule has 1 aromatic heterocycles. The van der Waals surface area contributed by atoms with Gasteiger partial charge >= 0.3 is 12.1 Å². The lowest BCUT2D eigenvalue weighted by atomic mass is 9.96. The number of aromatic nitrogens is 1. The van der Waals surface area contributed by atoms with E-state index in [2.05, 4.69) is 4.98 Å². The fourth-order valence-corrected chi connectivity index (χ4v) is 3.20. The van der Waals surface area contributed by atoms with Gasteiger partial charge in [0.25, 0.3) is 0 Å². The van der Waals surface area contributed by atoms with E-state index in [0.717, 1.165) is 11.1 Å². The molecular formula is C19H19F3N2O3. The maximum atomic E-state index is 13.0. The maximum Gasteiger partial charge on any atom is 0.393 e. The largest absolute Gasteiger partial charge is 0.489 e. The highest BCUT2D eigenvalue weighted by Gasteiger charge is 2.52. The average Bonchev–Trinajstić information content (AvgIpc) is 3.07. The first-order valence-corrected chi connectivity index (χ1v) is 8.45. The van der Waals surface area contributed by atoms with Crippen LogP contribution in [0.25, 0.3) is 0 Å². The van der Waals surface area contributed by atoms with Gasteiger partial charge in [-0.1, -0.05) is 18.2 Å². The first-order valence-electron chi connectivity index (χ1n) is 8.45. The molecule has 2 heterocycles. The van der Waals surface area contributed by atoms with Crippen LogP contribution < -0.4 is 4.74 Å². The number of pyridine rings is 1. The third-order valence-corrected chi connectivity index (χ3v) is 4.59. The number of rotatable bonds is 6. The van der Waals surface area contributed by atoms with E-state index in [0.29, 0.717) is 12.4 Å². The highest BCUT2D eigenvalue weighted by atomic mass is 19.4. The first kappa shape index (κ1) is 19.2. The Kier molecular flexibility index (Phi) is 5.65. The van der Waals surface area contributed by atoms with E-state index < -0.39 is 24.0 Å². The topological polar surface area (TPSA) is 62.7 Å². The van der Waals surface area contributed by atoms with Crippen molar-refractivity contribution in [3.63, 3.8) is 0 Å². The van der Waals surface area contributed by atoms with Crippen LogP contribution in [0.2, 0.25) is 0 Å². The molecular weight excluding hydrogens is 361 g/mol. The van der Waals surface area contributed by atoms with E-state index in [1.807, 2.05) is 12.1 Å². The van der Waals surface area contributed by atoms with Crippen molar-refractivity contribution in [2.24, 2.45) is 11.8 Å². The Labute approximate surface area is 154 Å². The number of halogens is 3. The number of carboxylic acid groups (broad SMARTS) is 1. The molecule has 144 valence electrons. The molecule has 1 N–H and O–H groups in total. The van der Waals surface area contributed by atoms with Gasteiger partial charge in [0.05, 0.1) is 11.8 Å². The standard InChI is InChI=1S/C19H19F3N2O3/c20-19(21,22)17-11-24(10-16(17)18(25)26)9-13-3-5-15(6-4-13)27-12-14-2-1-7-23-8-14/h1-8,16-17H,9-12H2,(H,25,26)/t16-,17-/m1/s1. The van der Waals surface area contributed by atoms with Crippen LogP contribution in [-0.4, -0.2) is 40.2 Å². The third-order valence-electron chi connectivity index (χ3n) is 4.59. The van der Waals surface area contributed by atoms with Crippen LogP contribution in [0.3, 0.4) is 0 Å². The quantitative estimate of drug-likeness (QED) is 0.833. The van der Waals surface area contributed by atoms with Crippen molar-refractivity contribution in [3.8, 4) is 5.75 Å². The maximum absolute atomic E-state index is 13.0. The van der Waals surface area contributed by atoms with E-state index in [-0.39, 0.29) is 19.6 Å². The highest BCUT2D eigenvalue weighted by Crippen LogP contribution is 2.38. The number of benzene rings is 1. The lowest BCUT2D eigenvalue weighted by Gasteiger charge is -2.18. The third kappa shape index (κ3) is 4.97. The summed E-state index contributed by atoms with van der Waals surface area (Å²) in [5.41, 5.74) is 1.73. The summed E-state index contributed by atoms with van der Waals surface area (Å²) >= 11 is 0. The Balaban J connectivity index is 1.57. The van der Waals surface area contributed by atoms with Crippen molar-refractivity contribution < 1.29 is 27.8 Å². The van der Waals surface area contributed by atoms with Gasteiger partial charge in [0.15, 0.2) is 0 Å². The van der Waals surface area contributed by atoms with Crippen LogP contribution >= 0.6 is 0 Å². The van der Waals surface area contributed by atoms with Gasteiger partial charge in [0, 0.05) is 37.6 Å². The number of aliphatic carboxylic acids is 1. The lowest BCUT2D eigenvalue weighted by Crippen LogP contribution is -2.33. The minimum Gasteiger partial charge on any atom is -0.489 e. The average molecular weight is 380 g/mol. The van der Waals surface area contributed by atoms with Crippen LogP contribution in [0.5, 0.6) is 5.75 Å². The Bertz CT molecular complexity index is 766. The van der Waals surface area contributed by atoms with E-state index in [1.165, 1.54) is 4.90 Å². The second-order valence-electron chi connectivity index (χ2n) is 6.58. The van der Waals surface area contributed by atoms with Crippen molar-refractivity contribution in [2.75, 3.05) is 13.1 Å². The van der Waals surface area contributed by atoms with Crippen molar-refractivity contribution in [3.05, 3.63) is 59.9 Å². The second kappa shape index (κ2) is 7.96. The smallest absolute Gasteiger partial charge is 0.393 e. The molecule has 1 aromatic carbocycles. The summed E-state index contributed by atoms with van der Waals surface area (Å²) in [4.78, 5) is 16.7. The van der Waals surface area contributed by atoms with Gasteiger partial charge in [0.1, 0.15) is 12.4 Å². The number of alkyl halides is 3. The van der Waals surface area contributed by atoms with Gasteiger partial charge in [-0.25, -0.2) is 0 Å². The normalized spacial score (nSPS) is 20.6. The van der Waals surface area contributed by atoms with Crippen LogP contribution in [-0.2, 0) is 17.9 Å². The van der Waals surface area contributed by atoms with E-state index in [9.17, 15) is 18.0 Å². The van der Waals surface area contributed by atoms with Gasteiger partial charge in [-0.05, 0) is 23.8 Å². The Hall–Kier alpha value is -2.61. The van der Waals surface area contributed by atoms with Gasteiger partial charge in [-0.2, -0.15) is 13.2 Å². The highest BCUT2D eigenvalue weighted by molar-refractivity contribution is 5.71. The Morgan fingerprint density at radius 1 is 1.19 bits per heavy atom. The van der Waals surface area contributed by atoms with Gasteiger partial charge in [-0.15, -0.1) is 0 Å². The van der Waals surface area contributed by atoms with Gasteiger partial charge < -0.3 is 9.84 Å². The van der Waals surface area contributed by atoms with Crippen LogP contribution in [0.15, 0.2) is 48.8 Å². The Morgan fingerprint density at radius 3 is 2.48 bits per heavy atom. The zero-order valence-corrected chi connectivity index (χ0v) is 14.4. The summed E-state index contributed by atoms with van der Waals surface area (Å²) < 4.78 is 44.8. The molecule has 1 fully saturated rings.